The van der Waals surface area contributed by atoms with E-state index in [0.29, 0.717) is 44.7 Å². The van der Waals surface area contributed by atoms with Gasteiger partial charge in [0.05, 0.1) is 6.04 Å². The van der Waals surface area contributed by atoms with Gasteiger partial charge < -0.3 is 4.90 Å². The van der Waals surface area contributed by atoms with Crippen molar-refractivity contribution >= 4 is 17.7 Å². The van der Waals surface area contributed by atoms with Gasteiger partial charge in [-0.2, -0.15) is 0 Å². The molecule has 6 rings (SSSR count). The first-order valence-electron chi connectivity index (χ1n) is 13.8. The molecule has 7 nitrogen and oxygen atoms in total. The molecule has 3 aromatic carbocycles. The van der Waals surface area contributed by atoms with Gasteiger partial charge in [0.2, 0.25) is 11.8 Å². The first-order chi connectivity index (χ1) is 20.2. The van der Waals surface area contributed by atoms with E-state index in [1.807, 2.05) is 17.0 Å². The quantitative estimate of drug-likeness (QED) is 0.354. The molecule has 2 saturated heterocycles. The van der Waals surface area contributed by atoms with Crippen LogP contribution in [-0.2, 0) is 22.7 Å². The lowest BCUT2D eigenvalue weighted by molar-refractivity contribution is -0.136. The van der Waals surface area contributed by atoms with Crippen molar-refractivity contribution in [2.75, 3.05) is 26.2 Å². The fourth-order valence-corrected chi connectivity index (χ4v) is 6.17. The molecule has 11 heteroatoms. The number of carbonyl (C=O) groups excluding carboxylic acids is 3. The summed E-state index contributed by atoms with van der Waals surface area (Å²) in [7, 11) is 0. The lowest BCUT2D eigenvalue weighted by atomic mass is 9.95. The lowest BCUT2D eigenvalue weighted by Crippen LogP contribution is -2.52. The Balaban J connectivity index is 1.15. The highest BCUT2D eigenvalue weighted by molar-refractivity contribution is 6.05. The first kappa shape index (κ1) is 28.0. The summed E-state index contributed by atoms with van der Waals surface area (Å²) in [6.45, 7) is 2.90. The van der Waals surface area contributed by atoms with E-state index >= 15 is 0 Å². The molecule has 3 amide bonds. The predicted octanol–water partition coefficient (Wildman–Crippen LogP) is 3.91. The molecule has 0 saturated carbocycles. The molecule has 3 aliphatic rings. The van der Waals surface area contributed by atoms with Gasteiger partial charge in [0.25, 0.3) is 5.91 Å². The highest BCUT2D eigenvalue weighted by Crippen LogP contribution is 2.34. The van der Waals surface area contributed by atoms with Crippen molar-refractivity contribution in [2.24, 2.45) is 0 Å². The molecular weight excluding hydrogens is 552 g/mol. The third-order valence-electron chi connectivity index (χ3n) is 8.28. The van der Waals surface area contributed by atoms with Gasteiger partial charge in [-0.15, -0.1) is 0 Å². The molecule has 2 fully saturated rings. The summed E-state index contributed by atoms with van der Waals surface area (Å²) in [4.78, 5) is 42.4. The SMILES string of the molecule is O=C1CCC(N2Cc3cc(CN4CCN(C(c5ccc(F)cc5F)c5ccc(F)cc5F)CC4)ccc3C2=O)C(=O)N1. The van der Waals surface area contributed by atoms with Crippen LogP contribution in [0.3, 0.4) is 0 Å². The second-order valence-corrected chi connectivity index (χ2v) is 10.9. The fourth-order valence-electron chi connectivity index (χ4n) is 6.17. The van der Waals surface area contributed by atoms with Crippen LogP contribution in [-0.4, -0.2) is 64.6 Å². The molecule has 0 bridgehead atoms. The average molecular weight is 581 g/mol. The van der Waals surface area contributed by atoms with Gasteiger partial charge >= 0.3 is 0 Å². The monoisotopic (exact) mass is 580 g/mol. The van der Waals surface area contributed by atoms with E-state index in [-0.39, 0.29) is 35.9 Å². The van der Waals surface area contributed by atoms with E-state index in [1.165, 1.54) is 17.0 Å². The Bertz CT molecular complexity index is 1520. The number of benzene rings is 3. The number of amides is 3. The number of nitrogens with one attached hydrogen (secondary N) is 1. The molecule has 3 heterocycles. The molecule has 0 aromatic heterocycles. The van der Waals surface area contributed by atoms with Crippen molar-refractivity contribution in [1.29, 1.82) is 0 Å². The summed E-state index contributed by atoms with van der Waals surface area (Å²) in [5, 5.41) is 2.31. The number of fused-ring (bicyclic) bond motifs is 1. The summed E-state index contributed by atoms with van der Waals surface area (Å²) in [6.07, 6.45) is 0.488. The Morgan fingerprint density at radius 1 is 0.810 bits per heavy atom. The number of nitrogens with zero attached hydrogens (tertiary/aromatic N) is 3. The van der Waals surface area contributed by atoms with Gasteiger partial charge in [-0.25, -0.2) is 17.6 Å². The predicted molar refractivity (Wildman–Crippen MR) is 144 cm³/mol. The van der Waals surface area contributed by atoms with Crippen LogP contribution in [0, 0.1) is 23.3 Å². The zero-order valence-electron chi connectivity index (χ0n) is 22.6. The van der Waals surface area contributed by atoms with Crippen LogP contribution in [0.2, 0.25) is 0 Å². The molecular formula is C31H28F4N4O3. The normalized spacial score (nSPS) is 19.9. The third-order valence-corrected chi connectivity index (χ3v) is 8.28. The molecule has 1 N–H and O–H groups in total. The molecule has 0 aliphatic carbocycles. The van der Waals surface area contributed by atoms with Crippen LogP contribution >= 0.6 is 0 Å². The molecule has 1 unspecified atom stereocenters. The number of hydrogen-bond donors (Lipinski definition) is 1. The van der Waals surface area contributed by atoms with E-state index in [9.17, 15) is 31.9 Å². The Morgan fingerprint density at radius 3 is 2.05 bits per heavy atom. The van der Waals surface area contributed by atoms with Gasteiger partial charge in [0.1, 0.15) is 29.3 Å². The Hall–Kier alpha value is -4.09. The van der Waals surface area contributed by atoms with E-state index in [0.717, 1.165) is 35.4 Å². The smallest absolute Gasteiger partial charge is 0.255 e. The molecule has 42 heavy (non-hydrogen) atoms. The number of piperazine rings is 1. The van der Waals surface area contributed by atoms with Crippen molar-refractivity contribution in [2.45, 2.75) is 38.0 Å². The van der Waals surface area contributed by atoms with Gasteiger partial charge in [-0.05, 0) is 35.7 Å². The minimum absolute atomic E-state index is 0.110. The second-order valence-electron chi connectivity index (χ2n) is 10.9. The zero-order chi connectivity index (χ0) is 29.5. The van der Waals surface area contributed by atoms with Crippen LogP contribution in [0.1, 0.15) is 51.5 Å². The Morgan fingerprint density at radius 2 is 1.45 bits per heavy atom. The van der Waals surface area contributed by atoms with E-state index in [2.05, 4.69) is 10.2 Å². The minimum Gasteiger partial charge on any atom is -0.322 e. The lowest BCUT2D eigenvalue weighted by Gasteiger charge is -2.40. The molecule has 3 aromatic rings. The molecule has 3 aliphatic heterocycles. The summed E-state index contributed by atoms with van der Waals surface area (Å²) >= 11 is 0. The maximum Gasteiger partial charge on any atom is 0.255 e. The Labute approximate surface area is 239 Å². The van der Waals surface area contributed by atoms with Crippen molar-refractivity contribution in [3.05, 3.63) is 106 Å². The standard InChI is InChI=1S/C31H28F4N4O3/c32-20-2-5-23(25(34)14-20)29(24-6-3-21(33)15-26(24)35)38-11-9-37(10-12-38)16-18-1-4-22-19(13-18)17-39(31(22)42)27-7-8-28(40)36-30(27)41/h1-6,13-15,27,29H,7-12,16-17H2,(H,36,40,41). The average Bonchev–Trinajstić information content (AvgIpc) is 3.27. The topological polar surface area (TPSA) is 73.0 Å². The maximum atomic E-state index is 14.9. The third kappa shape index (κ3) is 5.41. The summed E-state index contributed by atoms with van der Waals surface area (Å²) in [5.74, 6) is -4.10. The van der Waals surface area contributed by atoms with Crippen molar-refractivity contribution in [1.82, 2.24) is 20.0 Å². The Kier molecular flexibility index (Phi) is 7.54. The summed E-state index contributed by atoms with van der Waals surface area (Å²) < 4.78 is 57.1. The molecule has 1 atom stereocenters. The number of piperidine rings is 1. The van der Waals surface area contributed by atoms with Gasteiger partial charge in [-0.3, -0.25) is 29.5 Å². The van der Waals surface area contributed by atoms with Crippen LogP contribution < -0.4 is 5.32 Å². The van der Waals surface area contributed by atoms with Crippen LogP contribution in [0.25, 0.3) is 0 Å². The highest BCUT2D eigenvalue weighted by atomic mass is 19.1. The maximum absolute atomic E-state index is 14.9. The van der Waals surface area contributed by atoms with E-state index in [4.69, 9.17) is 0 Å². The number of hydrogen-bond acceptors (Lipinski definition) is 5. The number of halogens is 4. The molecule has 0 spiro atoms. The van der Waals surface area contributed by atoms with E-state index in [1.54, 1.807) is 6.07 Å². The first-order valence-corrected chi connectivity index (χ1v) is 13.8. The number of rotatable bonds is 6. The molecule has 0 radical (unpaired) electrons. The fraction of sp³-hybridized carbons (Fsp3) is 0.323. The van der Waals surface area contributed by atoms with Gasteiger partial charge in [-0.1, -0.05) is 24.3 Å². The van der Waals surface area contributed by atoms with Crippen molar-refractivity contribution in [3.8, 4) is 0 Å². The van der Waals surface area contributed by atoms with Gasteiger partial charge in [0, 0.05) is 74.5 Å². The summed E-state index contributed by atoms with van der Waals surface area (Å²) in [5.41, 5.74) is 2.56. The summed E-state index contributed by atoms with van der Waals surface area (Å²) in [6, 6.07) is 10.4. The zero-order valence-corrected chi connectivity index (χ0v) is 22.6. The minimum atomic E-state index is -0.863. The second kappa shape index (κ2) is 11.3. The van der Waals surface area contributed by atoms with E-state index < -0.39 is 41.3 Å². The van der Waals surface area contributed by atoms with Gasteiger partial charge in [0.15, 0.2) is 0 Å². The van der Waals surface area contributed by atoms with Crippen molar-refractivity contribution < 1.29 is 31.9 Å². The highest BCUT2D eigenvalue weighted by Gasteiger charge is 2.39. The van der Waals surface area contributed by atoms with Crippen LogP contribution in [0.4, 0.5) is 17.6 Å². The van der Waals surface area contributed by atoms with Crippen molar-refractivity contribution in [3.63, 3.8) is 0 Å². The van der Waals surface area contributed by atoms with Crippen LogP contribution in [0.5, 0.6) is 0 Å². The largest absolute Gasteiger partial charge is 0.322 e. The number of imide groups is 1. The number of carbonyl (C=O) groups is 3. The van der Waals surface area contributed by atoms with Crippen LogP contribution in [0.15, 0.2) is 54.6 Å². The molecule has 218 valence electrons.